The summed E-state index contributed by atoms with van der Waals surface area (Å²) in [5.74, 6) is 1.99. The van der Waals surface area contributed by atoms with Crippen LogP contribution in [0.1, 0.15) is 31.5 Å². The Morgan fingerprint density at radius 1 is 1.47 bits per heavy atom. The highest BCUT2D eigenvalue weighted by Crippen LogP contribution is 2.18. The largest absolute Gasteiger partial charge is 0.330 e. The van der Waals surface area contributed by atoms with Crippen molar-refractivity contribution in [3.63, 3.8) is 0 Å². The SMILES string of the molecule is CC(CCCN)c1nnc2ncccn12. The van der Waals surface area contributed by atoms with Crippen molar-refractivity contribution in [2.75, 3.05) is 6.54 Å². The maximum Gasteiger partial charge on any atom is 0.254 e. The first kappa shape index (κ1) is 10.0. The molecule has 0 radical (unpaired) electrons. The number of nitrogens with zero attached hydrogens (tertiary/aromatic N) is 4. The number of hydrogen-bond donors (Lipinski definition) is 1. The maximum absolute atomic E-state index is 5.49. The molecule has 0 aromatic carbocycles. The second-order valence-corrected chi connectivity index (χ2v) is 3.68. The summed E-state index contributed by atoms with van der Waals surface area (Å²) in [6.45, 7) is 2.86. The van der Waals surface area contributed by atoms with Crippen molar-refractivity contribution in [3.05, 3.63) is 24.3 Å². The molecule has 1 unspecified atom stereocenters. The molecular formula is C10H15N5. The van der Waals surface area contributed by atoms with Gasteiger partial charge < -0.3 is 5.73 Å². The zero-order valence-electron chi connectivity index (χ0n) is 8.80. The Balaban J connectivity index is 2.27. The molecule has 0 fully saturated rings. The van der Waals surface area contributed by atoms with Gasteiger partial charge in [-0.15, -0.1) is 10.2 Å². The van der Waals surface area contributed by atoms with Crippen molar-refractivity contribution in [3.8, 4) is 0 Å². The molecule has 2 heterocycles. The standard InChI is InChI=1S/C10H15N5/c1-8(4-2-5-11)9-13-14-10-12-6-3-7-15(9)10/h3,6-8H,2,4-5,11H2,1H3. The Kier molecular flexibility index (Phi) is 2.91. The predicted molar refractivity (Wildman–Crippen MR) is 57.5 cm³/mol. The number of aromatic nitrogens is 4. The van der Waals surface area contributed by atoms with Gasteiger partial charge in [-0.2, -0.15) is 0 Å². The fraction of sp³-hybridized carbons (Fsp3) is 0.500. The van der Waals surface area contributed by atoms with Crippen LogP contribution in [-0.2, 0) is 0 Å². The van der Waals surface area contributed by atoms with Crippen LogP contribution in [0.15, 0.2) is 18.5 Å². The zero-order chi connectivity index (χ0) is 10.7. The van der Waals surface area contributed by atoms with Gasteiger partial charge in [-0.3, -0.25) is 4.40 Å². The van der Waals surface area contributed by atoms with E-state index in [1.54, 1.807) is 6.20 Å². The summed E-state index contributed by atoms with van der Waals surface area (Å²) in [7, 11) is 0. The van der Waals surface area contributed by atoms with Crippen LogP contribution in [0.4, 0.5) is 0 Å². The van der Waals surface area contributed by atoms with Crippen molar-refractivity contribution in [2.45, 2.75) is 25.7 Å². The van der Waals surface area contributed by atoms with E-state index in [0.29, 0.717) is 11.7 Å². The van der Waals surface area contributed by atoms with E-state index in [2.05, 4.69) is 22.1 Å². The predicted octanol–water partition coefficient (Wildman–Crippen LogP) is 0.967. The van der Waals surface area contributed by atoms with Gasteiger partial charge >= 0.3 is 0 Å². The van der Waals surface area contributed by atoms with E-state index in [0.717, 1.165) is 25.2 Å². The minimum Gasteiger partial charge on any atom is -0.330 e. The third-order valence-corrected chi connectivity index (χ3v) is 2.50. The fourth-order valence-electron chi connectivity index (χ4n) is 1.65. The molecule has 2 aromatic heterocycles. The van der Waals surface area contributed by atoms with Gasteiger partial charge in [0, 0.05) is 18.3 Å². The number of nitrogens with two attached hydrogens (primary N) is 1. The van der Waals surface area contributed by atoms with Crippen molar-refractivity contribution in [1.29, 1.82) is 0 Å². The van der Waals surface area contributed by atoms with Gasteiger partial charge in [-0.05, 0) is 25.5 Å². The molecule has 2 N–H and O–H groups in total. The lowest BCUT2D eigenvalue weighted by Crippen LogP contribution is -2.05. The summed E-state index contributed by atoms with van der Waals surface area (Å²) in [4.78, 5) is 4.13. The minimum absolute atomic E-state index is 0.368. The smallest absolute Gasteiger partial charge is 0.254 e. The Labute approximate surface area is 88.3 Å². The van der Waals surface area contributed by atoms with E-state index in [1.807, 2.05) is 16.7 Å². The first-order valence-electron chi connectivity index (χ1n) is 5.18. The third kappa shape index (κ3) is 1.97. The number of hydrogen-bond acceptors (Lipinski definition) is 4. The first-order chi connectivity index (χ1) is 7.33. The Morgan fingerprint density at radius 3 is 3.13 bits per heavy atom. The normalized spacial score (nSPS) is 13.2. The van der Waals surface area contributed by atoms with Crippen LogP contribution in [0.2, 0.25) is 0 Å². The summed E-state index contributed by atoms with van der Waals surface area (Å²) in [6.07, 6.45) is 5.71. The fourth-order valence-corrected chi connectivity index (χ4v) is 1.65. The van der Waals surface area contributed by atoms with Crippen LogP contribution >= 0.6 is 0 Å². The molecule has 0 amide bonds. The van der Waals surface area contributed by atoms with Crippen LogP contribution in [0.25, 0.3) is 5.78 Å². The molecule has 15 heavy (non-hydrogen) atoms. The molecule has 5 heteroatoms. The minimum atomic E-state index is 0.368. The van der Waals surface area contributed by atoms with Crippen LogP contribution in [0.3, 0.4) is 0 Å². The van der Waals surface area contributed by atoms with E-state index in [4.69, 9.17) is 5.73 Å². The summed E-state index contributed by atoms with van der Waals surface area (Å²) in [5, 5.41) is 8.18. The molecule has 5 nitrogen and oxygen atoms in total. The molecule has 2 aromatic rings. The van der Waals surface area contributed by atoms with Crippen LogP contribution in [-0.4, -0.2) is 26.1 Å². The number of rotatable bonds is 4. The van der Waals surface area contributed by atoms with E-state index in [1.165, 1.54) is 0 Å². The van der Waals surface area contributed by atoms with Crippen molar-refractivity contribution in [1.82, 2.24) is 19.6 Å². The molecule has 0 aliphatic heterocycles. The first-order valence-corrected chi connectivity index (χ1v) is 5.18. The zero-order valence-corrected chi connectivity index (χ0v) is 8.80. The van der Waals surface area contributed by atoms with E-state index in [-0.39, 0.29) is 0 Å². The van der Waals surface area contributed by atoms with Gasteiger partial charge in [0.15, 0.2) is 0 Å². The Hall–Kier alpha value is -1.49. The highest BCUT2D eigenvalue weighted by Gasteiger charge is 2.12. The average molecular weight is 205 g/mol. The molecule has 0 aliphatic rings. The molecule has 0 spiro atoms. The second kappa shape index (κ2) is 4.35. The second-order valence-electron chi connectivity index (χ2n) is 3.68. The monoisotopic (exact) mass is 205 g/mol. The van der Waals surface area contributed by atoms with Crippen LogP contribution in [0.5, 0.6) is 0 Å². The van der Waals surface area contributed by atoms with Gasteiger partial charge in [0.25, 0.3) is 5.78 Å². The van der Waals surface area contributed by atoms with E-state index in [9.17, 15) is 0 Å². The van der Waals surface area contributed by atoms with Crippen molar-refractivity contribution < 1.29 is 0 Å². The van der Waals surface area contributed by atoms with E-state index < -0.39 is 0 Å². The highest BCUT2D eigenvalue weighted by atomic mass is 15.3. The summed E-state index contributed by atoms with van der Waals surface area (Å²) in [6, 6.07) is 1.88. The quantitative estimate of drug-likeness (QED) is 0.807. The molecule has 0 aliphatic carbocycles. The Bertz CT molecular complexity index is 436. The molecule has 80 valence electrons. The molecule has 0 saturated heterocycles. The topological polar surface area (TPSA) is 69.1 Å². The molecule has 1 atom stereocenters. The van der Waals surface area contributed by atoms with Gasteiger partial charge in [-0.1, -0.05) is 6.92 Å². The third-order valence-electron chi connectivity index (χ3n) is 2.50. The van der Waals surface area contributed by atoms with Crippen molar-refractivity contribution >= 4 is 5.78 Å². The van der Waals surface area contributed by atoms with Crippen LogP contribution in [0, 0.1) is 0 Å². The lowest BCUT2D eigenvalue weighted by molar-refractivity contribution is 0.603. The summed E-state index contributed by atoms with van der Waals surface area (Å²) in [5.41, 5.74) is 5.49. The molecule has 2 rings (SSSR count). The van der Waals surface area contributed by atoms with Crippen LogP contribution < -0.4 is 5.73 Å². The lowest BCUT2D eigenvalue weighted by atomic mass is 10.1. The summed E-state index contributed by atoms with van der Waals surface area (Å²) < 4.78 is 1.93. The number of fused-ring (bicyclic) bond motifs is 1. The molecular weight excluding hydrogens is 190 g/mol. The highest BCUT2D eigenvalue weighted by molar-refractivity contribution is 5.27. The maximum atomic E-state index is 5.49. The molecule has 0 bridgehead atoms. The van der Waals surface area contributed by atoms with Gasteiger partial charge in [-0.25, -0.2) is 4.98 Å². The van der Waals surface area contributed by atoms with E-state index >= 15 is 0 Å². The van der Waals surface area contributed by atoms with Gasteiger partial charge in [0.05, 0.1) is 0 Å². The van der Waals surface area contributed by atoms with Crippen molar-refractivity contribution in [2.24, 2.45) is 5.73 Å². The van der Waals surface area contributed by atoms with Gasteiger partial charge in [0.2, 0.25) is 0 Å². The van der Waals surface area contributed by atoms with Gasteiger partial charge in [0.1, 0.15) is 5.82 Å². The Morgan fingerprint density at radius 2 is 2.33 bits per heavy atom. The lowest BCUT2D eigenvalue weighted by Gasteiger charge is -2.07. The molecule has 0 saturated carbocycles. The summed E-state index contributed by atoms with van der Waals surface area (Å²) >= 11 is 0. The average Bonchev–Trinajstić information content (AvgIpc) is 2.69.